The number of allylic oxidation sites excluding steroid dienone is 2. The average Bonchev–Trinajstić information content (AvgIpc) is 2.22. The summed E-state index contributed by atoms with van der Waals surface area (Å²) in [6.45, 7) is 4.72. The van der Waals surface area contributed by atoms with Gasteiger partial charge in [-0.3, -0.25) is 0 Å². The van der Waals surface area contributed by atoms with Crippen molar-refractivity contribution in [3.63, 3.8) is 0 Å². The summed E-state index contributed by atoms with van der Waals surface area (Å²) in [7, 11) is 0. The summed E-state index contributed by atoms with van der Waals surface area (Å²) in [6, 6.07) is 0. The highest BCUT2D eigenvalue weighted by Crippen LogP contribution is 2.21. The Morgan fingerprint density at radius 2 is 2.07 bits per heavy atom. The lowest BCUT2D eigenvalue weighted by molar-refractivity contribution is -0.00827. The van der Waals surface area contributed by atoms with Crippen molar-refractivity contribution in [3.05, 3.63) is 29.2 Å². The van der Waals surface area contributed by atoms with Crippen LogP contribution in [-0.2, 0) is 9.47 Å². The highest BCUT2D eigenvalue weighted by Gasteiger charge is 2.26. The topological polar surface area (TPSA) is 54.9 Å². The summed E-state index contributed by atoms with van der Waals surface area (Å²) in [5.41, 5.74) is 9.11. The second-order valence-corrected chi connectivity index (χ2v) is 3.30. The lowest BCUT2D eigenvalue weighted by Crippen LogP contribution is -2.18. The maximum absolute atomic E-state index is 8.78. The predicted octanol–water partition coefficient (Wildman–Crippen LogP) is 2.12. The van der Waals surface area contributed by atoms with Crippen molar-refractivity contribution in [3.8, 4) is 0 Å². The fraction of sp³-hybridized carbons (Fsp3) is 0.500. The van der Waals surface area contributed by atoms with Crippen LogP contribution in [0.3, 0.4) is 0 Å². The molecule has 0 aromatic carbocycles. The van der Waals surface area contributed by atoms with Gasteiger partial charge in [0.05, 0.1) is 19.3 Å². The van der Waals surface area contributed by atoms with Crippen LogP contribution in [-0.4, -0.2) is 29.1 Å². The molecule has 0 saturated carbocycles. The van der Waals surface area contributed by atoms with Crippen molar-refractivity contribution in [2.45, 2.75) is 19.2 Å². The smallest absolute Gasteiger partial charge is 0.359 e. The molecule has 0 aromatic heterocycles. The first-order valence-corrected chi connectivity index (χ1v) is 5.22. The average molecular weight is 229 g/mol. The molecule has 15 heavy (non-hydrogen) atoms. The second kappa shape index (κ2) is 5.59. The molecule has 0 heterocycles. The Balaban J connectivity index is 2.91. The SMILES string of the molecule is CCOC1=CC(Cl)C(OCC)=CC1=[N+]=[N-]. The van der Waals surface area contributed by atoms with Crippen LogP contribution in [0.1, 0.15) is 13.8 Å². The van der Waals surface area contributed by atoms with Gasteiger partial charge in [0.15, 0.2) is 0 Å². The Bertz CT molecular complexity index is 343. The molecule has 0 bridgehead atoms. The zero-order valence-electron chi connectivity index (χ0n) is 8.74. The standard InChI is InChI=1S/C10H13ClN2O2/c1-3-14-9-6-8(13-12)10(15-4-2)5-7(9)11/h5-7H,3-4H2,1-2H3. The third-order valence-electron chi connectivity index (χ3n) is 1.82. The lowest BCUT2D eigenvalue weighted by atomic mass is 10.1. The Morgan fingerprint density at radius 3 is 2.60 bits per heavy atom. The fourth-order valence-corrected chi connectivity index (χ4v) is 1.47. The van der Waals surface area contributed by atoms with Crippen molar-refractivity contribution >= 4 is 17.3 Å². The van der Waals surface area contributed by atoms with Crippen molar-refractivity contribution in [1.29, 1.82) is 0 Å². The van der Waals surface area contributed by atoms with E-state index in [0.717, 1.165) is 0 Å². The summed E-state index contributed by atoms with van der Waals surface area (Å²) >= 11 is 6.03. The monoisotopic (exact) mass is 228 g/mol. The summed E-state index contributed by atoms with van der Waals surface area (Å²) in [4.78, 5) is 3.12. The lowest BCUT2D eigenvalue weighted by Gasteiger charge is -2.15. The molecule has 0 saturated heterocycles. The van der Waals surface area contributed by atoms with E-state index in [1.165, 1.54) is 0 Å². The molecule has 0 N–H and O–H groups in total. The van der Waals surface area contributed by atoms with Gasteiger partial charge in [-0.2, -0.15) is 4.79 Å². The first-order valence-electron chi connectivity index (χ1n) is 4.78. The molecular weight excluding hydrogens is 216 g/mol. The molecule has 0 aromatic rings. The highest BCUT2D eigenvalue weighted by atomic mass is 35.5. The van der Waals surface area contributed by atoms with Gasteiger partial charge in [-0.25, -0.2) is 0 Å². The number of rotatable bonds is 4. The maximum atomic E-state index is 8.78. The molecule has 82 valence electrons. The fourth-order valence-electron chi connectivity index (χ4n) is 1.23. The van der Waals surface area contributed by atoms with Gasteiger partial charge < -0.3 is 15.0 Å². The molecule has 0 spiro atoms. The van der Waals surface area contributed by atoms with Gasteiger partial charge in [0, 0.05) is 0 Å². The van der Waals surface area contributed by atoms with Gasteiger partial charge in [0.1, 0.15) is 11.1 Å². The van der Waals surface area contributed by atoms with Crippen LogP contribution in [0.2, 0.25) is 0 Å². The summed E-state index contributed by atoms with van der Waals surface area (Å²) in [6.07, 6.45) is 3.23. The van der Waals surface area contributed by atoms with E-state index in [2.05, 4.69) is 4.79 Å². The molecule has 5 heteroatoms. The largest absolute Gasteiger partial charge is 0.496 e. The Morgan fingerprint density at radius 1 is 1.40 bits per heavy atom. The number of alkyl halides is 1. The zero-order chi connectivity index (χ0) is 11.3. The molecule has 1 aliphatic carbocycles. The van der Waals surface area contributed by atoms with Crippen LogP contribution in [0.15, 0.2) is 23.7 Å². The number of hydrogen-bond donors (Lipinski definition) is 0. The number of nitrogens with zero attached hydrogens (tertiary/aromatic N) is 2. The molecule has 1 atom stereocenters. The molecule has 1 rings (SSSR count). The van der Waals surface area contributed by atoms with Gasteiger partial charge in [-0.05, 0) is 19.9 Å². The minimum absolute atomic E-state index is 0.331. The van der Waals surface area contributed by atoms with Crippen molar-refractivity contribution < 1.29 is 14.3 Å². The molecule has 0 fully saturated rings. The van der Waals surface area contributed by atoms with E-state index in [1.807, 2.05) is 13.8 Å². The Labute approximate surface area is 93.8 Å². The minimum Gasteiger partial charge on any atom is -0.496 e. The second-order valence-electron chi connectivity index (χ2n) is 2.83. The zero-order valence-corrected chi connectivity index (χ0v) is 9.49. The molecule has 0 aliphatic heterocycles. The van der Waals surface area contributed by atoms with E-state index in [4.69, 9.17) is 26.6 Å². The van der Waals surface area contributed by atoms with E-state index >= 15 is 0 Å². The van der Waals surface area contributed by atoms with Gasteiger partial charge in [-0.15, -0.1) is 11.6 Å². The summed E-state index contributed by atoms with van der Waals surface area (Å²) in [5, 5.41) is -0.378. The van der Waals surface area contributed by atoms with Gasteiger partial charge in [0.2, 0.25) is 5.76 Å². The molecule has 1 unspecified atom stereocenters. The van der Waals surface area contributed by atoms with Crippen LogP contribution in [0, 0.1) is 0 Å². The highest BCUT2D eigenvalue weighted by molar-refractivity contribution is 6.25. The van der Waals surface area contributed by atoms with Crippen LogP contribution >= 0.6 is 11.6 Å². The Kier molecular flexibility index (Phi) is 4.40. The van der Waals surface area contributed by atoms with Gasteiger partial charge in [0.25, 0.3) is 0 Å². The van der Waals surface area contributed by atoms with Crippen LogP contribution < -0.4 is 0 Å². The summed E-state index contributed by atoms with van der Waals surface area (Å²) < 4.78 is 10.6. The first kappa shape index (κ1) is 11.8. The maximum Gasteiger partial charge on any atom is 0.359 e. The van der Waals surface area contributed by atoms with Crippen LogP contribution in [0.4, 0.5) is 0 Å². The van der Waals surface area contributed by atoms with Crippen molar-refractivity contribution in [2.75, 3.05) is 13.2 Å². The van der Waals surface area contributed by atoms with E-state index in [9.17, 15) is 0 Å². The van der Waals surface area contributed by atoms with Crippen LogP contribution in [0.5, 0.6) is 0 Å². The van der Waals surface area contributed by atoms with Crippen molar-refractivity contribution in [1.82, 2.24) is 0 Å². The molecule has 1 aliphatic rings. The quantitative estimate of drug-likeness (QED) is 0.420. The van der Waals surface area contributed by atoms with E-state index in [1.54, 1.807) is 12.2 Å². The van der Waals surface area contributed by atoms with Gasteiger partial charge in [-0.1, -0.05) is 0 Å². The predicted molar refractivity (Wildman–Crippen MR) is 57.7 cm³/mol. The van der Waals surface area contributed by atoms with Crippen molar-refractivity contribution in [2.24, 2.45) is 0 Å². The Hall–Kier alpha value is -1.25. The number of halogens is 1. The number of ether oxygens (including phenoxy) is 2. The molecule has 0 radical (unpaired) electrons. The molecular formula is C10H13ClN2O2. The first-order chi connectivity index (χ1) is 7.22. The van der Waals surface area contributed by atoms with E-state index in [0.29, 0.717) is 30.4 Å². The number of hydrogen-bond acceptors (Lipinski definition) is 2. The minimum atomic E-state index is -0.378. The van der Waals surface area contributed by atoms with E-state index < -0.39 is 0 Å². The van der Waals surface area contributed by atoms with Gasteiger partial charge >= 0.3 is 5.71 Å². The third-order valence-corrected chi connectivity index (χ3v) is 2.16. The molecule has 0 amide bonds. The summed E-state index contributed by atoms with van der Waals surface area (Å²) in [5.74, 6) is 1.04. The normalized spacial score (nSPS) is 20.2. The van der Waals surface area contributed by atoms with Crippen LogP contribution in [0.25, 0.3) is 5.53 Å². The van der Waals surface area contributed by atoms with E-state index in [-0.39, 0.29) is 5.38 Å². The molecule has 4 nitrogen and oxygen atoms in total. The third kappa shape index (κ3) is 2.85.